The van der Waals surface area contributed by atoms with E-state index >= 15 is 0 Å². The van der Waals surface area contributed by atoms with Crippen molar-refractivity contribution in [3.63, 3.8) is 0 Å². The summed E-state index contributed by atoms with van der Waals surface area (Å²) in [6, 6.07) is 0.337. The zero-order valence-corrected chi connectivity index (χ0v) is 33.9. The number of nitrogens with zero attached hydrogens (tertiary/aromatic N) is 1. The number of Topliss-reactive ketones (excluding diaryl/α,β-unsaturated/α-hetero) is 1. The first-order valence-corrected chi connectivity index (χ1v) is 20.4. The van der Waals surface area contributed by atoms with Crippen molar-refractivity contribution in [3.05, 3.63) is 23.3 Å². The first-order valence-electron chi connectivity index (χ1n) is 20.4. The fourth-order valence-corrected chi connectivity index (χ4v) is 10.8. The number of carbonyl (C=O) groups excluding carboxylic acids is 2. The average Bonchev–Trinajstić information content (AvgIpc) is 3.71. The number of carbonyl (C=O) groups is 2. The molecule has 11 nitrogen and oxygen atoms in total. The van der Waals surface area contributed by atoms with Crippen LogP contribution in [0.4, 0.5) is 0 Å². The van der Waals surface area contributed by atoms with Gasteiger partial charge in [0.05, 0.1) is 30.8 Å². The number of allylic oxidation sites excluding steroid dienone is 4. The lowest BCUT2D eigenvalue weighted by molar-refractivity contribution is -0.314. The molecule has 0 aromatic heterocycles. The zero-order valence-electron chi connectivity index (χ0n) is 33.9. The molecular formula is C42H67NO10. The van der Waals surface area contributed by atoms with Crippen molar-refractivity contribution in [2.75, 3.05) is 35.4 Å². The lowest BCUT2D eigenvalue weighted by atomic mass is 9.67. The van der Waals surface area contributed by atoms with Crippen LogP contribution in [0.1, 0.15) is 92.4 Å². The quantitative estimate of drug-likeness (QED) is 0.209. The number of ether oxygens (including phenoxy) is 8. The maximum absolute atomic E-state index is 14.7. The molecule has 0 aromatic carbocycles. The molecule has 0 N–H and O–H groups in total. The van der Waals surface area contributed by atoms with Gasteiger partial charge >= 0.3 is 5.97 Å². The van der Waals surface area contributed by atoms with Gasteiger partial charge in [0.2, 0.25) is 0 Å². The smallest absolute Gasteiger partial charge is 0.306 e. The summed E-state index contributed by atoms with van der Waals surface area (Å²) in [7, 11) is 9.16. The van der Waals surface area contributed by atoms with E-state index in [1.165, 1.54) is 5.57 Å². The number of hydrogen-bond donors (Lipinski definition) is 0. The van der Waals surface area contributed by atoms with Crippen molar-refractivity contribution in [1.82, 2.24) is 4.90 Å². The fourth-order valence-electron chi connectivity index (χ4n) is 10.8. The van der Waals surface area contributed by atoms with Gasteiger partial charge in [-0.1, -0.05) is 31.6 Å². The van der Waals surface area contributed by atoms with Gasteiger partial charge in [-0.05, 0) is 115 Å². The second-order valence-corrected chi connectivity index (χ2v) is 17.0. The molecular weight excluding hydrogens is 678 g/mol. The maximum atomic E-state index is 14.7. The van der Waals surface area contributed by atoms with Crippen molar-refractivity contribution < 1.29 is 47.5 Å². The highest BCUT2D eigenvalue weighted by atomic mass is 16.7. The monoisotopic (exact) mass is 745 g/mol. The maximum Gasteiger partial charge on any atom is 0.306 e. The Morgan fingerprint density at radius 2 is 1.55 bits per heavy atom. The van der Waals surface area contributed by atoms with Gasteiger partial charge in [-0.25, -0.2) is 0 Å². The highest BCUT2D eigenvalue weighted by Crippen LogP contribution is 2.56. The molecule has 0 spiro atoms. The molecule has 0 radical (unpaired) electrons. The highest BCUT2D eigenvalue weighted by Gasteiger charge is 2.53. The van der Waals surface area contributed by atoms with Crippen LogP contribution < -0.4 is 0 Å². The molecule has 53 heavy (non-hydrogen) atoms. The number of likely N-dealkylation sites (N-methyl/N-ethyl adjacent to an activating group) is 1. The molecule has 0 aromatic rings. The summed E-state index contributed by atoms with van der Waals surface area (Å²) in [5, 5.41) is 0. The number of fused-ring (bicyclic) bond motifs is 5. The molecule has 0 unspecified atom stereocenters. The minimum Gasteiger partial charge on any atom is -0.462 e. The Bertz CT molecular complexity index is 1330. The van der Waals surface area contributed by atoms with Crippen LogP contribution in [0.3, 0.4) is 0 Å². The zero-order chi connectivity index (χ0) is 38.1. The molecule has 3 saturated heterocycles. The summed E-state index contributed by atoms with van der Waals surface area (Å²) in [5.74, 6) is 0.00947. The van der Waals surface area contributed by atoms with E-state index in [0.29, 0.717) is 18.4 Å². The molecule has 6 rings (SSSR count). The predicted molar refractivity (Wildman–Crippen MR) is 199 cm³/mol. The Kier molecular flexibility index (Phi) is 13.6. The lowest BCUT2D eigenvalue weighted by Crippen LogP contribution is -2.59. The van der Waals surface area contributed by atoms with Crippen molar-refractivity contribution >= 4 is 11.8 Å². The minimum absolute atomic E-state index is 0.0364. The second-order valence-electron chi connectivity index (χ2n) is 17.0. The lowest BCUT2D eigenvalue weighted by Gasteiger charge is -2.44. The topological polar surface area (TPSA) is 111 Å². The third-order valence-electron chi connectivity index (χ3n) is 13.7. The first-order chi connectivity index (χ1) is 25.4. The summed E-state index contributed by atoms with van der Waals surface area (Å²) < 4.78 is 49.8. The van der Waals surface area contributed by atoms with Gasteiger partial charge in [0, 0.05) is 39.2 Å². The van der Waals surface area contributed by atoms with Crippen LogP contribution in [0.15, 0.2) is 23.3 Å². The third-order valence-corrected chi connectivity index (χ3v) is 13.7. The molecule has 3 aliphatic heterocycles. The number of hydrogen-bond acceptors (Lipinski definition) is 11. The SMILES string of the molecule is CC[C@@H]1CCC[C@@H](O[C@H]2CC[C@H](N(C)C)[C@@H](C)O2)[C@H](C)C(=O)C2=C[C@@H]3[C@@H](C=C(C)[C@@H]4C[C@@H](O[C@@H]5O[C@@H](C)[C@H](OC)[C@@H](OC)[C@H]5OC)C[C@@H]34)[C@@H]2CC(=O)O1. The average molecular weight is 746 g/mol. The van der Waals surface area contributed by atoms with E-state index in [2.05, 4.69) is 51.9 Å². The molecule has 300 valence electrons. The van der Waals surface area contributed by atoms with Crippen LogP contribution in [0.5, 0.6) is 0 Å². The van der Waals surface area contributed by atoms with E-state index < -0.39 is 12.4 Å². The predicted octanol–water partition coefficient (Wildman–Crippen LogP) is 5.88. The third kappa shape index (κ3) is 8.53. The number of rotatable bonds is 9. The van der Waals surface area contributed by atoms with Gasteiger partial charge in [-0.2, -0.15) is 0 Å². The number of esters is 1. The van der Waals surface area contributed by atoms with Crippen molar-refractivity contribution in [3.8, 4) is 0 Å². The van der Waals surface area contributed by atoms with Crippen LogP contribution in [0.25, 0.3) is 0 Å². The number of methoxy groups -OCH3 is 3. The summed E-state index contributed by atoms with van der Waals surface area (Å²) >= 11 is 0. The Labute approximate surface area is 317 Å². The standard InChI is InChI=1S/C42H67NO10/c1-11-26-13-12-14-35(53-37-16-15-34(43(6)7)24(4)49-37)23(3)38(45)33-20-31-29(32(33)21-36(44)51-26)17-22(2)28-18-27(19-30(28)31)52-42-41(48-10)40(47-9)39(46-8)25(5)50-42/h17,20,23-32,34-35,37,39-42H,11-16,18-19,21H2,1-10H3/t23-,24+,25-,26+,27+,28-,29+,30+,31+,32-,34-,35+,37-,39-,40+,41+,42-/m0/s1. The molecule has 3 heterocycles. The van der Waals surface area contributed by atoms with Gasteiger partial charge in [0.25, 0.3) is 0 Å². The van der Waals surface area contributed by atoms with E-state index in [1.807, 2.05) is 13.8 Å². The Morgan fingerprint density at radius 1 is 0.811 bits per heavy atom. The number of cyclic esters (lactones) is 1. The normalized spacial score (nSPS) is 45.3. The fraction of sp³-hybridized carbons (Fsp3) is 0.857. The molecule has 0 amide bonds. The van der Waals surface area contributed by atoms with Gasteiger partial charge in [-0.15, -0.1) is 0 Å². The van der Waals surface area contributed by atoms with E-state index in [-0.39, 0.29) is 96.8 Å². The van der Waals surface area contributed by atoms with Crippen LogP contribution in [0, 0.1) is 35.5 Å². The largest absolute Gasteiger partial charge is 0.462 e. The van der Waals surface area contributed by atoms with E-state index in [4.69, 9.17) is 37.9 Å². The molecule has 4 fully saturated rings. The number of ketones is 1. The summed E-state index contributed by atoms with van der Waals surface area (Å²) in [5.41, 5.74) is 2.07. The molecule has 0 bridgehead atoms. The molecule has 17 atom stereocenters. The molecule has 11 heteroatoms. The summed E-state index contributed by atoms with van der Waals surface area (Å²) in [4.78, 5) is 30.5. The molecule has 1 saturated carbocycles. The van der Waals surface area contributed by atoms with Gasteiger partial charge in [0.15, 0.2) is 18.4 Å². The summed E-state index contributed by atoms with van der Waals surface area (Å²) in [6.07, 6.45) is 8.58. The van der Waals surface area contributed by atoms with E-state index in [0.717, 1.165) is 50.5 Å². The van der Waals surface area contributed by atoms with Gasteiger partial charge in [0.1, 0.15) is 24.4 Å². The van der Waals surface area contributed by atoms with Crippen molar-refractivity contribution in [2.24, 2.45) is 35.5 Å². The van der Waals surface area contributed by atoms with Crippen LogP contribution >= 0.6 is 0 Å². The van der Waals surface area contributed by atoms with E-state index in [1.54, 1.807) is 21.3 Å². The molecule has 3 aliphatic carbocycles. The van der Waals surface area contributed by atoms with E-state index in [9.17, 15) is 9.59 Å². The van der Waals surface area contributed by atoms with Gasteiger partial charge in [-0.3, -0.25) is 9.59 Å². The van der Waals surface area contributed by atoms with Crippen molar-refractivity contribution in [2.45, 2.75) is 160 Å². The Hall–Kier alpha value is -1.70. The Balaban J connectivity index is 1.23. The van der Waals surface area contributed by atoms with Gasteiger partial charge < -0.3 is 42.8 Å². The summed E-state index contributed by atoms with van der Waals surface area (Å²) in [6.45, 7) is 10.4. The van der Waals surface area contributed by atoms with Crippen molar-refractivity contribution in [1.29, 1.82) is 0 Å². The molecule has 6 aliphatic rings. The second kappa shape index (κ2) is 17.6. The Morgan fingerprint density at radius 3 is 2.21 bits per heavy atom. The first kappa shape index (κ1) is 40.9. The van der Waals surface area contributed by atoms with Crippen LogP contribution in [-0.4, -0.2) is 120 Å². The highest BCUT2D eigenvalue weighted by molar-refractivity contribution is 5.99. The van der Waals surface area contributed by atoms with Crippen LogP contribution in [-0.2, 0) is 47.5 Å². The minimum atomic E-state index is -0.598. The van der Waals surface area contributed by atoms with Crippen LogP contribution in [0.2, 0.25) is 0 Å².